The highest BCUT2D eigenvalue weighted by Crippen LogP contribution is 2.31. The number of hydrogen-bond donors (Lipinski definition) is 0. The fourth-order valence-corrected chi connectivity index (χ4v) is 4.37. The van der Waals surface area contributed by atoms with Gasteiger partial charge in [0.15, 0.2) is 0 Å². The van der Waals surface area contributed by atoms with Crippen LogP contribution in [0.15, 0.2) is 59.7 Å². The number of pyridine rings is 2. The van der Waals surface area contributed by atoms with Crippen molar-refractivity contribution in [2.45, 2.75) is 19.6 Å². The topological polar surface area (TPSA) is 52.3 Å². The molecular weight excluding hydrogens is 412 g/mol. The van der Waals surface area contributed by atoms with Gasteiger partial charge in [-0.25, -0.2) is 0 Å². The Morgan fingerprint density at radius 1 is 1.13 bits per heavy atom. The Labute approximate surface area is 185 Å². The van der Waals surface area contributed by atoms with Crippen LogP contribution in [0.5, 0.6) is 5.75 Å². The van der Waals surface area contributed by atoms with Crippen molar-refractivity contribution < 1.29 is 4.74 Å². The lowest BCUT2D eigenvalue weighted by atomic mass is 10.0. The molecule has 0 amide bonds. The van der Waals surface area contributed by atoms with E-state index in [-0.39, 0.29) is 12.2 Å². The highest BCUT2D eigenvalue weighted by molar-refractivity contribution is 6.30. The van der Waals surface area contributed by atoms with Gasteiger partial charge < -0.3 is 14.2 Å². The number of benzene rings is 1. The number of halogens is 1. The molecule has 6 nitrogen and oxygen atoms in total. The van der Waals surface area contributed by atoms with Crippen molar-refractivity contribution in [3.8, 4) is 11.4 Å². The summed E-state index contributed by atoms with van der Waals surface area (Å²) in [7, 11) is 4.27. The first kappa shape index (κ1) is 19.8. The van der Waals surface area contributed by atoms with Gasteiger partial charge in [-0.3, -0.25) is 14.3 Å². The van der Waals surface area contributed by atoms with E-state index in [2.05, 4.69) is 40.7 Å². The summed E-state index contributed by atoms with van der Waals surface area (Å²) in [6.45, 7) is 2.30. The molecule has 1 aliphatic rings. The van der Waals surface area contributed by atoms with Crippen LogP contribution < -0.4 is 10.3 Å². The highest BCUT2D eigenvalue weighted by atomic mass is 35.5. The normalized spacial score (nSPS) is 14.0. The van der Waals surface area contributed by atoms with Gasteiger partial charge in [0.2, 0.25) is 0 Å². The fraction of sp³-hybridized carbons (Fsp3) is 0.250. The summed E-state index contributed by atoms with van der Waals surface area (Å²) in [4.78, 5) is 19.3. The monoisotopic (exact) mass is 434 g/mol. The fourth-order valence-electron chi connectivity index (χ4n) is 4.26. The summed E-state index contributed by atoms with van der Waals surface area (Å²) in [5, 5.41) is 1.84. The predicted octanol–water partition coefficient (Wildman–Crippen LogP) is 3.94. The van der Waals surface area contributed by atoms with Gasteiger partial charge in [-0.1, -0.05) is 17.7 Å². The zero-order valence-electron chi connectivity index (χ0n) is 17.5. The Kier molecular flexibility index (Phi) is 5.04. The molecule has 4 heterocycles. The summed E-state index contributed by atoms with van der Waals surface area (Å²) in [5.41, 5.74) is 5.38. The minimum atomic E-state index is -0.139. The number of nitrogens with zero attached hydrogens (tertiary/aromatic N) is 4. The van der Waals surface area contributed by atoms with Crippen LogP contribution >= 0.6 is 11.6 Å². The van der Waals surface area contributed by atoms with Crippen molar-refractivity contribution in [3.63, 3.8) is 0 Å². The number of rotatable bonds is 4. The molecule has 0 atom stereocenters. The van der Waals surface area contributed by atoms with Crippen molar-refractivity contribution in [1.82, 2.24) is 19.0 Å². The second-order valence-corrected chi connectivity index (χ2v) is 8.44. The van der Waals surface area contributed by atoms with Crippen molar-refractivity contribution >= 4 is 22.5 Å². The second kappa shape index (κ2) is 7.87. The van der Waals surface area contributed by atoms with Gasteiger partial charge in [-0.2, -0.15) is 0 Å². The van der Waals surface area contributed by atoms with E-state index >= 15 is 0 Å². The maximum absolute atomic E-state index is 12.8. The van der Waals surface area contributed by atoms with Gasteiger partial charge >= 0.3 is 0 Å². The molecule has 0 N–H and O–H groups in total. The Morgan fingerprint density at radius 2 is 2.00 bits per heavy atom. The molecule has 3 aromatic heterocycles. The third-order valence-electron chi connectivity index (χ3n) is 5.92. The van der Waals surface area contributed by atoms with E-state index in [9.17, 15) is 4.79 Å². The molecular formula is C24H23ClN4O2. The molecule has 31 heavy (non-hydrogen) atoms. The van der Waals surface area contributed by atoms with Crippen LogP contribution in [0.25, 0.3) is 16.6 Å². The number of likely N-dealkylation sites (N-methyl/N-ethyl adjacent to an activating group) is 1. The number of aromatic nitrogens is 3. The molecule has 0 bridgehead atoms. The SMILES string of the molecule is CN1CCc2c(c3ccc(-n4ccc(OCc5ccc(Cl)cn5)cc4=O)cc3n2C)C1. The van der Waals surface area contributed by atoms with Crippen LogP contribution in [0.4, 0.5) is 0 Å². The van der Waals surface area contributed by atoms with Gasteiger partial charge in [0.1, 0.15) is 12.4 Å². The maximum Gasteiger partial charge on any atom is 0.258 e. The Morgan fingerprint density at radius 3 is 2.77 bits per heavy atom. The average molecular weight is 435 g/mol. The van der Waals surface area contributed by atoms with E-state index in [0.29, 0.717) is 10.8 Å². The first-order valence-electron chi connectivity index (χ1n) is 10.2. The van der Waals surface area contributed by atoms with Crippen molar-refractivity contribution in [2.75, 3.05) is 13.6 Å². The molecule has 0 radical (unpaired) electrons. The minimum absolute atomic E-state index is 0.139. The van der Waals surface area contributed by atoms with E-state index in [0.717, 1.165) is 36.4 Å². The van der Waals surface area contributed by atoms with E-state index in [1.807, 2.05) is 6.07 Å². The largest absolute Gasteiger partial charge is 0.487 e. The third kappa shape index (κ3) is 3.73. The van der Waals surface area contributed by atoms with Crippen LogP contribution in [0.2, 0.25) is 5.02 Å². The number of hydrogen-bond acceptors (Lipinski definition) is 4. The Bertz CT molecular complexity index is 1320. The molecule has 158 valence electrons. The van der Waals surface area contributed by atoms with Crippen molar-refractivity contribution in [1.29, 1.82) is 0 Å². The highest BCUT2D eigenvalue weighted by Gasteiger charge is 2.21. The molecule has 0 fully saturated rings. The van der Waals surface area contributed by atoms with Gasteiger partial charge in [-0.05, 0) is 42.9 Å². The smallest absolute Gasteiger partial charge is 0.258 e. The van der Waals surface area contributed by atoms with E-state index in [4.69, 9.17) is 16.3 Å². The summed E-state index contributed by atoms with van der Waals surface area (Å²) >= 11 is 5.86. The molecule has 0 unspecified atom stereocenters. The molecule has 0 saturated heterocycles. The molecule has 1 aromatic carbocycles. The number of ether oxygens (including phenoxy) is 1. The summed E-state index contributed by atoms with van der Waals surface area (Å²) < 4.78 is 9.64. The van der Waals surface area contributed by atoms with E-state index in [1.165, 1.54) is 22.7 Å². The quantitative estimate of drug-likeness (QED) is 0.488. The van der Waals surface area contributed by atoms with Gasteiger partial charge in [0.25, 0.3) is 5.56 Å². The zero-order valence-corrected chi connectivity index (χ0v) is 18.3. The molecule has 1 aliphatic heterocycles. The maximum atomic E-state index is 12.8. The van der Waals surface area contributed by atoms with Gasteiger partial charge in [-0.15, -0.1) is 0 Å². The lowest BCUT2D eigenvalue weighted by molar-refractivity contribution is 0.300. The molecule has 0 aliphatic carbocycles. The number of fused-ring (bicyclic) bond motifs is 3. The van der Waals surface area contributed by atoms with Crippen LogP contribution in [0, 0.1) is 0 Å². The molecule has 0 saturated carbocycles. The lowest BCUT2D eigenvalue weighted by Crippen LogP contribution is -2.26. The van der Waals surface area contributed by atoms with Crippen LogP contribution in [-0.4, -0.2) is 32.6 Å². The first-order valence-corrected chi connectivity index (χ1v) is 10.6. The molecule has 5 rings (SSSR count). The van der Waals surface area contributed by atoms with Crippen LogP contribution in [-0.2, 0) is 26.6 Å². The standard InChI is InChI=1S/C24H23ClN4O2/c1-27-9-8-22-21(14-27)20-6-5-18(11-23(20)28(22)2)29-10-7-19(12-24(29)30)31-15-17-4-3-16(25)13-26-17/h3-7,10-13H,8-9,14-15H2,1-2H3. The van der Waals surface area contributed by atoms with Gasteiger partial charge in [0, 0.05) is 56.1 Å². The zero-order chi connectivity index (χ0) is 21.5. The predicted molar refractivity (Wildman–Crippen MR) is 122 cm³/mol. The van der Waals surface area contributed by atoms with E-state index in [1.54, 1.807) is 35.2 Å². The molecule has 4 aromatic rings. The summed E-state index contributed by atoms with van der Waals surface area (Å²) in [6, 6.07) is 13.1. The van der Waals surface area contributed by atoms with Gasteiger partial charge in [0.05, 0.1) is 21.9 Å². The van der Waals surface area contributed by atoms with E-state index < -0.39 is 0 Å². The molecule has 7 heteroatoms. The van der Waals surface area contributed by atoms with Crippen LogP contribution in [0.3, 0.4) is 0 Å². The average Bonchev–Trinajstić information content (AvgIpc) is 3.04. The first-order chi connectivity index (χ1) is 15.0. The van der Waals surface area contributed by atoms with Crippen molar-refractivity contribution in [2.24, 2.45) is 7.05 Å². The summed E-state index contributed by atoms with van der Waals surface area (Å²) in [6.07, 6.45) is 4.37. The van der Waals surface area contributed by atoms with Crippen molar-refractivity contribution in [3.05, 3.63) is 87.2 Å². The third-order valence-corrected chi connectivity index (χ3v) is 6.15. The Hall–Kier alpha value is -3.09. The van der Waals surface area contributed by atoms with Crippen LogP contribution in [0.1, 0.15) is 17.0 Å². The lowest BCUT2D eigenvalue weighted by Gasteiger charge is -2.23. The second-order valence-electron chi connectivity index (χ2n) is 8.00. The molecule has 0 spiro atoms. The summed E-state index contributed by atoms with van der Waals surface area (Å²) in [5.74, 6) is 0.511. The number of aryl methyl sites for hydroxylation is 1. The Balaban J connectivity index is 1.43. The minimum Gasteiger partial charge on any atom is -0.487 e.